The van der Waals surface area contributed by atoms with Crippen LogP contribution in [0, 0.1) is 11.8 Å². The Morgan fingerprint density at radius 3 is 2.46 bits per heavy atom. The Kier molecular flexibility index (Phi) is 7.80. The predicted octanol–water partition coefficient (Wildman–Crippen LogP) is 2.17. The van der Waals surface area contributed by atoms with Crippen LogP contribution in [-0.2, 0) is 20.8 Å². The number of carbonyl (C=O) groups is 3. The number of ether oxygens (including phenoxy) is 2. The number of ketones is 2. The Balaban J connectivity index is 1.79. The average molecular weight is 538 g/mol. The summed E-state index contributed by atoms with van der Waals surface area (Å²) >= 11 is 0. The normalized spacial score (nSPS) is 22.4. The standard InChI is InChI=1S/C29H31NO9/c1-38-21-8-4-15(11-22(21)39-2)3-5-16-6-7-20(32)26-19(16)13-17-12-18(9-10-31)29(37,23(33)14-24(30)34)28(36)25(17)27(26)35/h3-8,11,17-18,31-32,35,37H,9-10,12-14H2,1-2H3,(H2,30,34)/b5-3+/t17-,18-,29-/m1/s1. The number of phenolic OH excluding ortho intramolecular Hbond substituents is 1. The first-order valence-corrected chi connectivity index (χ1v) is 12.4. The Hall–Kier alpha value is -4.15. The monoisotopic (exact) mass is 537 g/mol. The molecule has 6 N–H and O–H groups in total. The number of amides is 1. The summed E-state index contributed by atoms with van der Waals surface area (Å²) < 4.78 is 10.6. The van der Waals surface area contributed by atoms with E-state index in [-0.39, 0.29) is 36.1 Å². The first-order chi connectivity index (χ1) is 18.6. The van der Waals surface area contributed by atoms with Gasteiger partial charge in [-0.05, 0) is 60.1 Å². The maximum atomic E-state index is 13.6. The van der Waals surface area contributed by atoms with Crippen LogP contribution in [0.1, 0.15) is 41.5 Å². The van der Waals surface area contributed by atoms with E-state index >= 15 is 0 Å². The van der Waals surface area contributed by atoms with Crippen molar-refractivity contribution in [2.24, 2.45) is 17.6 Å². The minimum Gasteiger partial charge on any atom is -0.507 e. The molecule has 0 heterocycles. The van der Waals surface area contributed by atoms with Gasteiger partial charge < -0.3 is 35.6 Å². The summed E-state index contributed by atoms with van der Waals surface area (Å²) in [6, 6.07) is 8.47. The molecule has 39 heavy (non-hydrogen) atoms. The van der Waals surface area contributed by atoms with Gasteiger partial charge in [-0.2, -0.15) is 0 Å². The Morgan fingerprint density at radius 2 is 1.82 bits per heavy atom. The minimum atomic E-state index is -2.63. The SMILES string of the molecule is COc1ccc(/C=C/c2ccc(O)c3c2C[C@H]2C[C@@H](CCO)[C@@](O)(C(=O)CC(N)=O)C(=O)C2=C3O)cc1OC. The van der Waals surface area contributed by atoms with Gasteiger partial charge in [0.15, 0.2) is 22.9 Å². The number of primary amides is 1. The number of rotatable bonds is 9. The molecule has 4 rings (SSSR count). The molecule has 2 aliphatic carbocycles. The lowest BCUT2D eigenvalue weighted by Gasteiger charge is -2.43. The summed E-state index contributed by atoms with van der Waals surface area (Å²) in [4.78, 5) is 37.8. The lowest BCUT2D eigenvalue weighted by atomic mass is 9.61. The lowest BCUT2D eigenvalue weighted by Crippen LogP contribution is -2.59. The van der Waals surface area contributed by atoms with E-state index in [9.17, 15) is 34.8 Å². The fourth-order valence-electron chi connectivity index (χ4n) is 5.64. The van der Waals surface area contributed by atoms with Gasteiger partial charge in [0.2, 0.25) is 11.7 Å². The number of benzene rings is 2. The van der Waals surface area contributed by atoms with E-state index in [4.69, 9.17) is 15.2 Å². The van der Waals surface area contributed by atoms with Crippen LogP contribution in [0.3, 0.4) is 0 Å². The second-order valence-corrected chi connectivity index (χ2v) is 9.75. The zero-order chi connectivity index (χ0) is 28.5. The third-order valence-corrected chi connectivity index (χ3v) is 7.53. The summed E-state index contributed by atoms with van der Waals surface area (Å²) in [6.07, 6.45) is 3.00. The maximum absolute atomic E-state index is 13.6. The molecule has 0 unspecified atom stereocenters. The molecule has 0 bridgehead atoms. The van der Waals surface area contributed by atoms with E-state index < -0.39 is 53.7 Å². The highest BCUT2D eigenvalue weighted by Crippen LogP contribution is 2.49. The predicted molar refractivity (Wildman–Crippen MR) is 142 cm³/mol. The van der Waals surface area contributed by atoms with Gasteiger partial charge in [-0.3, -0.25) is 14.4 Å². The van der Waals surface area contributed by atoms with Crippen molar-refractivity contribution >= 4 is 35.4 Å². The number of carbonyl (C=O) groups excluding carboxylic acids is 3. The number of Topliss-reactive ketones (excluding diaryl/α,β-unsaturated/α-hetero) is 2. The van der Waals surface area contributed by atoms with Crippen molar-refractivity contribution in [3.05, 3.63) is 58.2 Å². The topological polar surface area (TPSA) is 177 Å². The highest BCUT2D eigenvalue weighted by molar-refractivity contribution is 6.23. The first-order valence-electron chi connectivity index (χ1n) is 12.4. The smallest absolute Gasteiger partial charge is 0.225 e. The van der Waals surface area contributed by atoms with Crippen molar-refractivity contribution < 1.29 is 44.3 Å². The third kappa shape index (κ3) is 4.88. The van der Waals surface area contributed by atoms with Crippen LogP contribution in [0.5, 0.6) is 17.2 Å². The molecule has 0 saturated heterocycles. The van der Waals surface area contributed by atoms with E-state index in [0.717, 1.165) is 5.56 Å². The molecule has 1 saturated carbocycles. The highest BCUT2D eigenvalue weighted by Gasteiger charge is 2.57. The van der Waals surface area contributed by atoms with Gasteiger partial charge in [-0.25, -0.2) is 0 Å². The molecular formula is C29H31NO9. The van der Waals surface area contributed by atoms with Gasteiger partial charge in [0, 0.05) is 18.1 Å². The summed E-state index contributed by atoms with van der Waals surface area (Å²) in [5.41, 5.74) is 4.43. The van der Waals surface area contributed by atoms with E-state index in [1.165, 1.54) is 13.2 Å². The number of aliphatic hydroxyl groups is 3. The van der Waals surface area contributed by atoms with Crippen LogP contribution in [-0.4, -0.2) is 64.3 Å². The number of phenols is 1. The molecule has 0 aromatic heterocycles. The largest absolute Gasteiger partial charge is 0.507 e. The molecular weight excluding hydrogens is 506 g/mol. The summed E-state index contributed by atoms with van der Waals surface area (Å²) in [6.45, 7) is -0.404. The van der Waals surface area contributed by atoms with Gasteiger partial charge in [-0.15, -0.1) is 0 Å². The molecule has 10 heteroatoms. The number of nitrogens with two attached hydrogens (primary N) is 1. The fourth-order valence-corrected chi connectivity index (χ4v) is 5.64. The summed E-state index contributed by atoms with van der Waals surface area (Å²) in [5.74, 6) is -4.41. The van der Waals surface area contributed by atoms with Crippen LogP contribution in [0.2, 0.25) is 0 Å². The molecule has 2 aliphatic rings. The van der Waals surface area contributed by atoms with E-state index in [1.807, 2.05) is 12.1 Å². The van der Waals surface area contributed by atoms with Crippen molar-refractivity contribution in [1.82, 2.24) is 0 Å². The molecule has 0 spiro atoms. The Morgan fingerprint density at radius 1 is 1.10 bits per heavy atom. The molecule has 0 aliphatic heterocycles. The van der Waals surface area contributed by atoms with Gasteiger partial charge in [0.05, 0.1) is 26.2 Å². The second kappa shape index (κ2) is 10.9. The molecule has 0 radical (unpaired) electrons. The van der Waals surface area contributed by atoms with Crippen molar-refractivity contribution in [3.63, 3.8) is 0 Å². The van der Waals surface area contributed by atoms with Crippen LogP contribution in [0.15, 0.2) is 35.9 Å². The van der Waals surface area contributed by atoms with Crippen molar-refractivity contribution in [2.45, 2.75) is 31.3 Å². The van der Waals surface area contributed by atoms with Gasteiger partial charge in [-0.1, -0.05) is 24.3 Å². The number of hydrogen-bond donors (Lipinski definition) is 5. The van der Waals surface area contributed by atoms with Crippen LogP contribution < -0.4 is 15.2 Å². The molecule has 2 aromatic carbocycles. The Bertz CT molecular complexity index is 1390. The van der Waals surface area contributed by atoms with E-state index in [2.05, 4.69) is 0 Å². The second-order valence-electron chi connectivity index (χ2n) is 9.75. The Labute approximate surface area is 225 Å². The number of hydrogen-bond acceptors (Lipinski definition) is 9. The lowest BCUT2D eigenvalue weighted by molar-refractivity contribution is -0.159. The average Bonchev–Trinajstić information content (AvgIpc) is 2.90. The molecule has 1 amide bonds. The quantitative estimate of drug-likeness (QED) is 0.237. The molecule has 3 atom stereocenters. The van der Waals surface area contributed by atoms with E-state index in [1.54, 1.807) is 31.4 Å². The summed E-state index contributed by atoms with van der Waals surface area (Å²) in [7, 11) is 3.08. The first kappa shape index (κ1) is 27.9. The van der Waals surface area contributed by atoms with Crippen LogP contribution in [0.4, 0.5) is 0 Å². The molecule has 10 nitrogen and oxygen atoms in total. The maximum Gasteiger partial charge on any atom is 0.225 e. The highest BCUT2D eigenvalue weighted by atomic mass is 16.5. The third-order valence-electron chi connectivity index (χ3n) is 7.53. The number of fused-ring (bicyclic) bond motifs is 2. The van der Waals surface area contributed by atoms with Gasteiger partial charge in [0.25, 0.3) is 0 Å². The zero-order valence-electron chi connectivity index (χ0n) is 21.6. The molecule has 206 valence electrons. The van der Waals surface area contributed by atoms with Crippen molar-refractivity contribution in [1.29, 1.82) is 0 Å². The number of aliphatic hydroxyl groups excluding tert-OH is 2. The van der Waals surface area contributed by atoms with E-state index in [0.29, 0.717) is 22.6 Å². The minimum absolute atomic E-state index is 0.0365. The zero-order valence-corrected chi connectivity index (χ0v) is 21.6. The number of aromatic hydroxyl groups is 1. The van der Waals surface area contributed by atoms with Crippen molar-refractivity contribution in [3.8, 4) is 17.2 Å². The van der Waals surface area contributed by atoms with Gasteiger partial charge >= 0.3 is 0 Å². The summed E-state index contributed by atoms with van der Waals surface area (Å²) in [5, 5.41) is 42.8. The molecule has 1 fully saturated rings. The number of methoxy groups -OCH3 is 2. The molecule has 2 aromatic rings. The van der Waals surface area contributed by atoms with Crippen molar-refractivity contribution in [2.75, 3.05) is 20.8 Å². The van der Waals surface area contributed by atoms with Crippen LogP contribution in [0.25, 0.3) is 17.9 Å². The van der Waals surface area contributed by atoms with Gasteiger partial charge in [0.1, 0.15) is 11.5 Å². The van der Waals surface area contributed by atoms with Crippen LogP contribution >= 0.6 is 0 Å². The fraction of sp³-hybridized carbons (Fsp3) is 0.345.